The number of nitrogens with zero attached hydrogens (tertiary/aromatic N) is 5. The van der Waals surface area contributed by atoms with E-state index in [2.05, 4.69) is 10.2 Å². The number of fused-ring (bicyclic) bond motifs is 3. The Balaban J connectivity index is 0.851. The van der Waals surface area contributed by atoms with Gasteiger partial charge in [0.15, 0.2) is 0 Å². The number of halogens is 4. The molecule has 2 unspecified atom stereocenters. The van der Waals surface area contributed by atoms with Crippen molar-refractivity contribution in [3.8, 4) is 5.75 Å². The van der Waals surface area contributed by atoms with E-state index in [0.29, 0.717) is 49.4 Å². The molecule has 6 aliphatic heterocycles. The van der Waals surface area contributed by atoms with Gasteiger partial charge in [0.1, 0.15) is 23.4 Å². The fourth-order valence-corrected chi connectivity index (χ4v) is 10.3. The van der Waals surface area contributed by atoms with Crippen LogP contribution in [0.4, 0.5) is 23.2 Å². The number of benzene rings is 3. The average Bonchev–Trinajstić information content (AvgIpc) is 3.94. The molecule has 9 rings (SSSR count). The van der Waals surface area contributed by atoms with Crippen molar-refractivity contribution in [1.29, 1.82) is 0 Å². The van der Waals surface area contributed by atoms with Gasteiger partial charge in [-0.2, -0.15) is 0 Å². The molecule has 6 heterocycles. The molecule has 0 radical (unpaired) electrons. The van der Waals surface area contributed by atoms with E-state index in [-0.39, 0.29) is 66.2 Å². The van der Waals surface area contributed by atoms with Crippen LogP contribution in [0.3, 0.4) is 0 Å². The zero-order valence-electron chi connectivity index (χ0n) is 32.7. The monoisotopic (exact) mass is 816 g/mol. The molecule has 310 valence electrons. The largest absolute Gasteiger partial charge is 0.508 e. The number of rotatable bonds is 7. The number of likely N-dealkylation sites (tertiary alicyclic amines) is 1. The first-order valence-electron chi connectivity index (χ1n) is 20.0. The Morgan fingerprint density at radius 2 is 1.58 bits per heavy atom. The Labute approximate surface area is 337 Å². The van der Waals surface area contributed by atoms with E-state index < -0.39 is 65.9 Å². The van der Waals surface area contributed by atoms with E-state index in [9.17, 15) is 37.9 Å². The molecule has 6 aliphatic rings. The van der Waals surface area contributed by atoms with Crippen molar-refractivity contribution in [2.45, 2.75) is 83.1 Å². The van der Waals surface area contributed by atoms with E-state index in [0.717, 1.165) is 35.8 Å². The lowest BCUT2D eigenvalue weighted by Gasteiger charge is -2.43. The van der Waals surface area contributed by atoms with Crippen LogP contribution < -0.4 is 10.2 Å². The maximum absolute atomic E-state index is 16.3. The summed E-state index contributed by atoms with van der Waals surface area (Å²) in [6.45, 7) is 4.82. The first-order valence-corrected chi connectivity index (χ1v) is 20.0. The molecule has 16 heteroatoms. The summed E-state index contributed by atoms with van der Waals surface area (Å²) >= 11 is 0. The second kappa shape index (κ2) is 14.1. The van der Waals surface area contributed by atoms with Crippen molar-refractivity contribution in [2.24, 2.45) is 5.41 Å². The minimum absolute atomic E-state index is 0.0113. The van der Waals surface area contributed by atoms with E-state index >= 15 is 8.78 Å². The quantitative estimate of drug-likeness (QED) is 0.261. The van der Waals surface area contributed by atoms with Crippen LogP contribution in [0.25, 0.3) is 0 Å². The SMILES string of the molecule is C[C@@H]1Cc2cc(O)ccc2[C@@H](c2c(F)cc(N3CCC4(CCN(CC(=O)N5Cc6cc7c(cc6C5)C(=O)N(C5CCC(=O)NC5=O)C7=O)C4)C3)cc2F)N1CC(C)(F)F. The lowest BCUT2D eigenvalue weighted by atomic mass is 9.84. The number of phenols is 1. The Morgan fingerprint density at radius 1 is 0.915 bits per heavy atom. The third-order valence-corrected chi connectivity index (χ3v) is 13.1. The predicted molar refractivity (Wildman–Crippen MR) is 204 cm³/mol. The van der Waals surface area contributed by atoms with E-state index in [1.54, 1.807) is 30.0 Å². The number of alkyl halides is 2. The normalized spacial score (nSPS) is 25.9. The van der Waals surface area contributed by atoms with Crippen LogP contribution in [0.2, 0.25) is 0 Å². The van der Waals surface area contributed by atoms with Crippen molar-refractivity contribution in [1.82, 2.24) is 24.9 Å². The molecule has 3 saturated heterocycles. The summed E-state index contributed by atoms with van der Waals surface area (Å²) in [5.41, 5.74) is 2.80. The van der Waals surface area contributed by atoms with Gasteiger partial charge in [-0.05, 0) is 97.8 Å². The molecule has 0 bridgehead atoms. The van der Waals surface area contributed by atoms with Gasteiger partial charge < -0.3 is 14.9 Å². The number of hydrogen-bond acceptors (Lipinski definition) is 9. The van der Waals surface area contributed by atoms with E-state index in [1.807, 2.05) is 4.90 Å². The van der Waals surface area contributed by atoms with Gasteiger partial charge in [0.25, 0.3) is 17.7 Å². The van der Waals surface area contributed by atoms with Crippen molar-refractivity contribution >= 4 is 35.2 Å². The number of hydrogen-bond donors (Lipinski definition) is 2. The summed E-state index contributed by atoms with van der Waals surface area (Å²) in [5.74, 6) is -7.23. The fourth-order valence-electron chi connectivity index (χ4n) is 10.3. The molecule has 0 aromatic heterocycles. The molecule has 0 aliphatic carbocycles. The summed E-state index contributed by atoms with van der Waals surface area (Å²) in [7, 11) is 0. The van der Waals surface area contributed by atoms with Gasteiger partial charge in [-0.15, -0.1) is 0 Å². The highest BCUT2D eigenvalue weighted by atomic mass is 19.3. The third-order valence-electron chi connectivity index (χ3n) is 13.1. The van der Waals surface area contributed by atoms with Gasteiger partial charge in [0, 0.05) is 68.8 Å². The Hall–Kier alpha value is -5.35. The second-order valence-electron chi connectivity index (χ2n) is 17.4. The molecule has 0 saturated carbocycles. The van der Waals surface area contributed by atoms with Crippen LogP contribution >= 0.6 is 0 Å². The lowest BCUT2D eigenvalue weighted by Crippen LogP contribution is -2.54. The zero-order chi connectivity index (χ0) is 41.7. The van der Waals surface area contributed by atoms with Gasteiger partial charge >= 0.3 is 0 Å². The summed E-state index contributed by atoms with van der Waals surface area (Å²) in [6, 6.07) is 7.63. The first kappa shape index (κ1) is 39.1. The van der Waals surface area contributed by atoms with E-state index in [4.69, 9.17) is 0 Å². The smallest absolute Gasteiger partial charge is 0.262 e. The molecular formula is C43H44F4N6O6. The van der Waals surface area contributed by atoms with Crippen LogP contribution in [0.15, 0.2) is 42.5 Å². The molecule has 3 fully saturated rings. The number of anilines is 1. The molecule has 12 nitrogen and oxygen atoms in total. The maximum atomic E-state index is 16.3. The number of aromatic hydroxyl groups is 1. The van der Waals surface area contributed by atoms with Gasteiger partial charge in [-0.25, -0.2) is 17.6 Å². The Kier molecular flexibility index (Phi) is 9.38. The van der Waals surface area contributed by atoms with Gasteiger partial charge in [-0.1, -0.05) is 6.07 Å². The highest BCUT2D eigenvalue weighted by Crippen LogP contribution is 2.45. The van der Waals surface area contributed by atoms with Crippen LogP contribution in [0.5, 0.6) is 5.75 Å². The van der Waals surface area contributed by atoms with Crippen molar-refractivity contribution in [2.75, 3.05) is 44.2 Å². The molecule has 3 aromatic rings. The fraction of sp³-hybridized carbons (Fsp3) is 0.465. The van der Waals surface area contributed by atoms with Crippen molar-refractivity contribution in [3.05, 3.63) is 93.0 Å². The minimum Gasteiger partial charge on any atom is -0.508 e. The van der Waals surface area contributed by atoms with E-state index in [1.165, 1.54) is 29.2 Å². The van der Waals surface area contributed by atoms with Crippen molar-refractivity contribution < 1.29 is 46.6 Å². The van der Waals surface area contributed by atoms with Gasteiger partial charge in [-0.3, -0.25) is 44.0 Å². The number of imide groups is 2. The molecule has 5 amide bonds. The average molecular weight is 817 g/mol. The van der Waals surface area contributed by atoms with Crippen LogP contribution in [0.1, 0.15) is 94.1 Å². The zero-order valence-corrected chi connectivity index (χ0v) is 32.7. The minimum atomic E-state index is -3.12. The highest BCUT2D eigenvalue weighted by molar-refractivity contribution is 6.23. The number of nitrogens with one attached hydrogen (secondary N) is 1. The number of piperidine rings is 1. The lowest BCUT2D eigenvalue weighted by molar-refractivity contribution is -0.136. The summed E-state index contributed by atoms with van der Waals surface area (Å²) in [6.07, 6.45) is 1.96. The molecular weight excluding hydrogens is 773 g/mol. The Morgan fingerprint density at radius 3 is 2.22 bits per heavy atom. The maximum Gasteiger partial charge on any atom is 0.262 e. The molecule has 1 spiro atoms. The van der Waals surface area contributed by atoms with Gasteiger partial charge in [0.2, 0.25) is 17.7 Å². The molecule has 2 N–H and O–H groups in total. The molecule has 59 heavy (non-hydrogen) atoms. The summed E-state index contributed by atoms with van der Waals surface area (Å²) < 4.78 is 61.4. The Bertz CT molecular complexity index is 2270. The number of phenolic OH excluding ortho intramolecular Hbond substituents is 1. The molecule has 4 atom stereocenters. The third kappa shape index (κ3) is 6.93. The summed E-state index contributed by atoms with van der Waals surface area (Å²) in [5, 5.41) is 12.3. The highest BCUT2D eigenvalue weighted by Gasteiger charge is 2.47. The predicted octanol–water partition coefficient (Wildman–Crippen LogP) is 4.51. The first-order chi connectivity index (χ1) is 28.0. The topological polar surface area (TPSA) is 134 Å². The summed E-state index contributed by atoms with van der Waals surface area (Å²) in [4.78, 5) is 72.4. The van der Waals surface area contributed by atoms with Crippen LogP contribution in [-0.2, 0) is 33.9 Å². The van der Waals surface area contributed by atoms with Crippen molar-refractivity contribution in [3.63, 3.8) is 0 Å². The number of amides is 5. The molecule has 3 aromatic carbocycles. The van der Waals surface area contributed by atoms with Gasteiger partial charge in [0.05, 0.1) is 30.3 Å². The standard InChI is InChI=1S/C43H44F4N6O6/c1-23-11-24-12-28(54)3-4-29(24)38(52(23)20-42(2,46)47)37-32(44)15-27(16-33(37)45)50-10-8-43(22-50)7-9-49(21-43)19-36(56)51-17-25-13-30-31(14-26(25)18-51)41(59)53(40(30)58)34-5-6-35(55)48-39(34)57/h3-4,12-16,23,34,38,54H,5-11,17-22H2,1-2H3,(H,48,55,57)/t23-,34?,38+,43?/m1/s1. The number of carbonyl (C=O) groups excluding carboxylic acids is 5. The second-order valence-corrected chi connectivity index (χ2v) is 17.4. The van der Waals surface area contributed by atoms with Crippen LogP contribution in [0, 0.1) is 17.0 Å². The van der Waals surface area contributed by atoms with Crippen LogP contribution in [-0.4, -0.2) is 112 Å². The number of carbonyl (C=O) groups is 5.